The Morgan fingerprint density at radius 1 is 1.18 bits per heavy atom. The number of nitrogen functional groups attached to an aromatic ring is 1. The summed E-state index contributed by atoms with van der Waals surface area (Å²) >= 11 is 0. The average Bonchev–Trinajstić information content (AvgIpc) is 2.59. The van der Waals surface area contributed by atoms with Crippen molar-refractivity contribution in [3.05, 3.63) is 46.3 Å². The average molecular weight is 228 g/mol. The fourth-order valence-electron chi connectivity index (χ4n) is 1.70. The van der Waals surface area contributed by atoms with E-state index in [1.165, 1.54) is 11.1 Å². The van der Waals surface area contributed by atoms with Crippen LogP contribution in [-0.4, -0.2) is 5.16 Å². The summed E-state index contributed by atoms with van der Waals surface area (Å²) < 4.78 is 5.01. The summed E-state index contributed by atoms with van der Waals surface area (Å²) in [5, 5.41) is 3.89. The number of hydrogen-bond donors (Lipinski definition) is 1. The van der Waals surface area contributed by atoms with Crippen LogP contribution in [0, 0.1) is 20.8 Å². The molecule has 2 N–H and O–H groups in total. The van der Waals surface area contributed by atoms with Gasteiger partial charge in [-0.2, -0.15) is 0 Å². The van der Waals surface area contributed by atoms with Crippen molar-refractivity contribution in [2.24, 2.45) is 0 Å². The van der Waals surface area contributed by atoms with Crippen LogP contribution in [0.25, 0.3) is 12.2 Å². The molecule has 0 spiro atoms. The summed E-state index contributed by atoms with van der Waals surface area (Å²) in [7, 11) is 0. The van der Waals surface area contributed by atoms with E-state index in [2.05, 4.69) is 37.2 Å². The molecule has 0 unspecified atom stereocenters. The molecule has 2 aromatic rings. The molecule has 0 bridgehead atoms. The number of benzene rings is 1. The Hall–Kier alpha value is -2.03. The molecule has 0 aliphatic rings. The summed E-state index contributed by atoms with van der Waals surface area (Å²) in [4.78, 5) is 0. The Labute approximate surface area is 101 Å². The molecule has 0 radical (unpaired) electrons. The monoisotopic (exact) mass is 228 g/mol. The van der Waals surface area contributed by atoms with Gasteiger partial charge in [0.1, 0.15) is 11.4 Å². The first-order valence-corrected chi connectivity index (χ1v) is 5.55. The number of rotatable bonds is 2. The Morgan fingerprint density at radius 3 is 2.53 bits per heavy atom. The number of aromatic nitrogens is 1. The van der Waals surface area contributed by atoms with Crippen LogP contribution in [0.2, 0.25) is 0 Å². The van der Waals surface area contributed by atoms with Gasteiger partial charge in [-0.15, -0.1) is 0 Å². The van der Waals surface area contributed by atoms with Crippen LogP contribution in [0.15, 0.2) is 22.7 Å². The molecule has 1 heterocycles. The fraction of sp³-hybridized carbons (Fsp3) is 0.214. The number of hydrogen-bond acceptors (Lipinski definition) is 3. The third kappa shape index (κ3) is 2.38. The van der Waals surface area contributed by atoms with E-state index >= 15 is 0 Å². The molecule has 0 aliphatic carbocycles. The zero-order valence-corrected chi connectivity index (χ0v) is 10.3. The number of nitrogens with two attached hydrogens (primary N) is 1. The lowest BCUT2D eigenvalue weighted by molar-refractivity contribution is 0.397. The number of aryl methyl sites for hydroxylation is 3. The summed E-state index contributed by atoms with van der Waals surface area (Å²) in [5.41, 5.74) is 10.8. The van der Waals surface area contributed by atoms with Gasteiger partial charge in [0.2, 0.25) is 0 Å². The smallest absolute Gasteiger partial charge is 0.157 e. The van der Waals surface area contributed by atoms with E-state index in [4.69, 9.17) is 10.3 Å². The molecule has 0 saturated carbocycles. The first kappa shape index (κ1) is 11.5. The molecular formula is C14H16N2O. The third-order valence-corrected chi connectivity index (χ3v) is 2.78. The lowest BCUT2D eigenvalue weighted by Gasteiger charge is -2.01. The predicted octanol–water partition coefficient (Wildman–Crippen LogP) is 3.35. The number of anilines is 1. The van der Waals surface area contributed by atoms with E-state index in [1.807, 2.05) is 12.2 Å². The highest BCUT2D eigenvalue weighted by molar-refractivity contribution is 5.75. The van der Waals surface area contributed by atoms with Crippen molar-refractivity contribution >= 4 is 17.8 Å². The van der Waals surface area contributed by atoms with Crippen molar-refractivity contribution in [2.75, 3.05) is 5.73 Å². The molecule has 0 saturated heterocycles. The quantitative estimate of drug-likeness (QED) is 0.857. The SMILES string of the molecule is Cc1ccc(/C=C/c2noc(C)c2N)c(C)c1. The minimum Gasteiger partial charge on any atom is -0.394 e. The van der Waals surface area contributed by atoms with Gasteiger partial charge >= 0.3 is 0 Å². The highest BCUT2D eigenvalue weighted by atomic mass is 16.5. The molecule has 3 heteroatoms. The van der Waals surface area contributed by atoms with E-state index in [0.717, 1.165) is 5.56 Å². The highest BCUT2D eigenvalue weighted by Gasteiger charge is 2.05. The zero-order valence-electron chi connectivity index (χ0n) is 10.3. The van der Waals surface area contributed by atoms with Gasteiger partial charge < -0.3 is 10.3 Å². The molecule has 0 atom stereocenters. The Bertz CT molecular complexity index is 568. The summed E-state index contributed by atoms with van der Waals surface area (Å²) in [6.07, 6.45) is 3.88. The second-order valence-corrected chi connectivity index (χ2v) is 4.23. The standard InChI is InChI=1S/C14H16N2O/c1-9-4-5-12(10(2)8-9)6-7-13-14(15)11(3)17-16-13/h4-8H,15H2,1-3H3/b7-6+. The fourth-order valence-corrected chi connectivity index (χ4v) is 1.70. The van der Waals surface area contributed by atoms with Gasteiger partial charge in [0, 0.05) is 0 Å². The maximum atomic E-state index is 5.82. The highest BCUT2D eigenvalue weighted by Crippen LogP contribution is 2.19. The van der Waals surface area contributed by atoms with Crippen LogP contribution >= 0.6 is 0 Å². The maximum Gasteiger partial charge on any atom is 0.157 e. The van der Waals surface area contributed by atoms with Crippen molar-refractivity contribution in [3.8, 4) is 0 Å². The van der Waals surface area contributed by atoms with Crippen LogP contribution < -0.4 is 5.73 Å². The molecule has 1 aromatic carbocycles. The molecule has 17 heavy (non-hydrogen) atoms. The van der Waals surface area contributed by atoms with Crippen molar-refractivity contribution in [3.63, 3.8) is 0 Å². The maximum absolute atomic E-state index is 5.82. The first-order chi connectivity index (χ1) is 8.08. The van der Waals surface area contributed by atoms with Crippen LogP contribution in [0.4, 0.5) is 5.69 Å². The van der Waals surface area contributed by atoms with Crippen LogP contribution in [-0.2, 0) is 0 Å². The Balaban J connectivity index is 2.29. The van der Waals surface area contributed by atoms with Crippen LogP contribution in [0.5, 0.6) is 0 Å². The van der Waals surface area contributed by atoms with Gasteiger partial charge in [0.05, 0.1) is 0 Å². The molecule has 0 fully saturated rings. The van der Waals surface area contributed by atoms with Crippen molar-refractivity contribution in [2.45, 2.75) is 20.8 Å². The number of nitrogens with zero attached hydrogens (tertiary/aromatic N) is 1. The first-order valence-electron chi connectivity index (χ1n) is 5.55. The Kier molecular flexibility index (Phi) is 3.00. The van der Waals surface area contributed by atoms with Gasteiger partial charge in [-0.1, -0.05) is 35.0 Å². The zero-order chi connectivity index (χ0) is 12.4. The lowest BCUT2D eigenvalue weighted by atomic mass is 10.1. The van der Waals surface area contributed by atoms with Gasteiger partial charge in [0.25, 0.3) is 0 Å². The third-order valence-electron chi connectivity index (χ3n) is 2.78. The molecule has 0 amide bonds. The van der Waals surface area contributed by atoms with E-state index in [-0.39, 0.29) is 0 Å². The van der Waals surface area contributed by atoms with Crippen molar-refractivity contribution < 1.29 is 4.52 Å². The van der Waals surface area contributed by atoms with E-state index in [9.17, 15) is 0 Å². The summed E-state index contributed by atoms with van der Waals surface area (Å²) in [6.45, 7) is 5.97. The van der Waals surface area contributed by atoms with Crippen LogP contribution in [0.3, 0.4) is 0 Å². The molecule has 1 aromatic heterocycles. The molecule has 2 rings (SSSR count). The largest absolute Gasteiger partial charge is 0.394 e. The normalized spacial score (nSPS) is 11.2. The predicted molar refractivity (Wildman–Crippen MR) is 70.5 cm³/mol. The van der Waals surface area contributed by atoms with Gasteiger partial charge in [-0.25, -0.2) is 0 Å². The minimum absolute atomic E-state index is 0.603. The molecule has 0 aliphatic heterocycles. The van der Waals surface area contributed by atoms with Gasteiger partial charge in [-0.05, 0) is 38.0 Å². The second kappa shape index (κ2) is 4.45. The topological polar surface area (TPSA) is 52.0 Å². The Morgan fingerprint density at radius 2 is 1.94 bits per heavy atom. The van der Waals surface area contributed by atoms with Gasteiger partial charge in [0.15, 0.2) is 5.76 Å². The van der Waals surface area contributed by atoms with Crippen LogP contribution in [0.1, 0.15) is 28.1 Å². The van der Waals surface area contributed by atoms with Gasteiger partial charge in [-0.3, -0.25) is 0 Å². The second-order valence-electron chi connectivity index (χ2n) is 4.23. The van der Waals surface area contributed by atoms with E-state index in [1.54, 1.807) is 6.92 Å². The molecule has 88 valence electrons. The van der Waals surface area contributed by atoms with E-state index in [0.29, 0.717) is 17.1 Å². The summed E-state index contributed by atoms with van der Waals surface area (Å²) in [5.74, 6) is 0.658. The summed E-state index contributed by atoms with van der Waals surface area (Å²) in [6, 6.07) is 6.32. The molecular weight excluding hydrogens is 212 g/mol. The van der Waals surface area contributed by atoms with E-state index < -0.39 is 0 Å². The van der Waals surface area contributed by atoms with Crippen molar-refractivity contribution in [1.82, 2.24) is 5.16 Å². The van der Waals surface area contributed by atoms with Crippen molar-refractivity contribution in [1.29, 1.82) is 0 Å². The lowest BCUT2D eigenvalue weighted by Crippen LogP contribution is -1.87. The minimum atomic E-state index is 0.603. The molecule has 3 nitrogen and oxygen atoms in total.